The molecule has 8 heteroatoms. The van der Waals surface area contributed by atoms with Crippen LogP contribution in [0, 0.1) is 0 Å². The number of rotatable bonds is 17. The molecule has 29 heavy (non-hydrogen) atoms. The summed E-state index contributed by atoms with van der Waals surface area (Å²) in [5.41, 5.74) is 0. The summed E-state index contributed by atoms with van der Waals surface area (Å²) in [5, 5.41) is 0. The van der Waals surface area contributed by atoms with E-state index in [1.165, 1.54) is 51.7 Å². The van der Waals surface area contributed by atoms with Gasteiger partial charge in [0, 0.05) is 0 Å². The summed E-state index contributed by atoms with van der Waals surface area (Å²) in [4.78, 5) is 0. The van der Waals surface area contributed by atoms with Gasteiger partial charge in [0.15, 0.2) is 21.3 Å². The van der Waals surface area contributed by atoms with Crippen molar-refractivity contribution in [2.75, 3.05) is 24.4 Å². The maximum absolute atomic E-state index is 12.1. The Morgan fingerprint density at radius 1 is 0.690 bits per heavy atom. The van der Waals surface area contributed by atoms with Crippen molar-refractivity contribution in [3.8, 4) is 11.5 Å². The van der Waals surface area contributed by atoms with Crippen LogP contribution in [0.2, 0.25) is 0 Å². The minimum Gasteiger partial charge on any atom is -0.493 e. The molecule has 0 bridgehead atoms. The Morgan fingerprint density at radius 3 is 1.76 bits per heavy atom. The van der Waals surface area contributed by atoms with Gasteiger partial charge in [-0.2, -0.15) is 8.42 Å². The van der Waals surface area contributed by atoms with Crippen LogP contribution in [0.5, 0.6) is 11.5 Å². The van der Waals surface area contributed by atoms with Crippen molar-refractivity contribution in [1.29, 1.82) is 0 Å². The summed E-state index contributed by atoms with van der Waals surface area (Å²) in [6.07, 6.45) is 11.2. The van der Waals surface area contributed by atoms with E-state index in [1.54, 1.807) is 18.2 Å². The molecule has 0 aliphatic carbocycles. The molecule has 0 N–H and O–H groups in total. The van der Waals surface area contributed by atoms with Crippen LogP contribution in [-0.2, 0) is 20.0 Å². The normalized spacial score (nSPS) is 12.1. The lowest BCUT2D eigenvalue weighted by atomic mass is 10.1. The molecule has 0 saturated carbocycles. The van der Waals surface area contributed by atoms with Crippen molar-refractivity contribution in [3.05, 3.63) is 24.3 Å². The van der Waals surface area contributed by atoms with Crippen molar-refractivity contribution in [2.24, 2.45) is 0 Å². The fourth-order valence-corrected chi connectivity index (χ4v) is 6.18. The molecule has 0 saturated heterocycles. The quantitative estimate of drug-likeness (QED) is 0.253. The van der Waals surface area contributed by atoms with E-state index in [0.717, 1.165) is 19.3 Å². The van der Waals surface area contributed by atoms with E-state index in [-0.39, 0.29) is 17.3 Å². The van der Waals surface area contributed by atoms with Crippen LogP contribution >= 0.6 is 0 Å². The van der Waals surface area contributed by atoms with Gasteiger partial charge < -0.3 is 8.92 Å². The summed E-state index contributed by atoms with van der Waals surface area (Å²) in [7, 11) is -6.02. The van der Waals surface area contributed by atoms with Crippen LogP contribution in [-0.4, -0.2) is 41.2 Å². The third-order valence-corrected chi connectivity index (χ3v) is 7.87. The molecule has 0 fully saturated rings. The average molecular weight is 449 g/mol. The largest absolute Gasteiger partial charge is 0.493 e. The Labute approximate surface area is 177 Å². The van der Waals surface area contributed by atoms with Crippen molar-refractivity contribution in [1.82, 2.24) is 0 Å². The van der Waals surface area contributed by atoms with E-state index in [1.807, 2.05) is 0 Å². The zero-order valence-electron chi connectivity index (χ0n) is 17.8. The summed E-state index contributed by atoms with van der Waals surface area (Å²) >= 11 is 0. The molecule has 0 amide bonds. The standard InChI is InChI=1S/C21H36O6S2/c1-3-4-5-6-7-8-9-10-11-14-17-28(22,23)18-19-29(24,25)27-21-16-13-12-15-20(21)26-2/h12-13,15-16H,3-11,14,17-19H2,1-2H3. The highest BCUT2D eigenvalue weighted by molar-refractivity contribution is 7.93. The first-order valence-corrected chi connectivity index (χ1v) is 13.9. The van der Waals surface area contributed by atoms with Crippen LogP contribution in [0.3, 0.4) is 0 Å². The van der Waals surface area contributed by atoms with Gasteiger partial charge in [0.05, 0.1) is 18.6 Å². The van der Waals surface area contributed by atoms with E-state index in [2.05, 4.69) is 6.92 Å². The highest BCUT2D eigenvalue weighted by Crippen LogP contribution is 2.27. The Bertz CT molecular complexity index is 772. The number of methoxy groups -OCH3 is 1. The minimum absolute atomic E-state index is 0.0215. The van der Waals surface area contributed by atoms with Gasteiger partial charge in [0.1, 0.15) is 5.75 Å². The number of hydrogen-bond donors (Lipinski definition) is 0. The lowest BCUT2D eigenvalue weighted by molar-refractivity contribution is 0.391. The number of hydrogen-bond acceptors (Lipinski definition) is 6. The number of sulfone groups is 1. The fourth-order valence-electron chi connectivity index (χ4n) is 3.01. The Balaban J connectivity index is 2.25. The Kier molecular flexibility index (Phi) is 12.3. The van der Waals surface area contributed by atoms with Crippen LogP contribution in [0.1, 0.15) is 71.1 Å². The zero-order valence-corrected chi connectivity index (χ0v) is 19.4. The van der Waals surface area contributed by atoms with Crippen molar-refractivity contribution >= 4 is 20.0 Å². The molecule has 0 atom stereocenters. The molecule has 1 aromatic rings. The number of benzene rings is 1. The molecule has 0 aliphatic rings. The van der Waals surface area contributed by atoms with E-state index < -0.39 is 31.5 Å². The van der Waals surface area contributed by atoms with Gasteiger partial charge in [-0.3, -0.25) is 0 Å². The first kappa shape index (κ1) is 25.8. The molecule has 0 heterocycles. The lowest BCUT2D eigenvalue weighted by Gasteiger charge is -2.10. The smallest absolute Gasteiger partial charge is 0.310 e. The topological polar surface area (TPSA) is 86.7 Å². The molecular formula is C21H36O6S2. The Morgan fingerprint density at radius 2 is 1.21 bits per heavy atom. The third kappa shape index (κ3) is 12.1. The Hall–Kier alpha value is -1.28. The summed E-state index contributed by atoms with van der Waals surface area (Å²) in [6.45, 7) is 2.21. The summed E-state index contributed by atoms with van der Waals surface area (Å²) in [5.74, 6) is -0.632. The first-order valence-electron chi connectivity index (χ1n) is 10.6. The summed E-state index contributed by atoms with van der Waals surface area (Å²) < 4.78 is 58.6. The van der Waals surface area contributed by atoms with Crippen molar-refractivity contribution in [3.63, 3.8) is 0 Å². The predicted octanol–water partition coefficient (Wildman–Crippen LogP) is 4.74. The number of ether oxygens (including phenoxy) is 1. The molecule has 0 aliphatic heterocycles. The van der Waals surface area contributed by atoms with Crippen LogP contribution in [0.4, 0.5) is 0 Å². The maximum atomic E-state index is 12.1. The highest BCUT2D eigenvalue weighted by Gasteiger charge is 2.20. The monoisotopic (exact) mass is 448 g/mol. The molecule has 0 spiro atoms. The molecule has 168 valence electrons. The van der Waals surface area contributed by atoms with Gasteiger partial charge >= 0.3 is 10.1 Å². The van der Waals surface area contributed by atoms with Gasteiger partial charge in [-0.05, 0) is 18.6 Å². The molecular weight excluding hydrogens is 412 g/mol. The predicted molar refractivity (Wildman–Crippen MR) is 118 cm³/mol. The third-order valence-electron chi connectivity index (χ3n) is 4.74. The molecule has 1 aromatic carbocycles. The minimum atomic E-state index is -4.01. The van der Waals surface area contributed by atoms with E-state index in [0.29, 0.717) is 6.42 Å². The fraction of sp³-hybridized carbons (Fsp3) is 0.714. The number of unbranched alkanes of at least 4 members (excludes halogenated alkanes) is 9. The molecule has 0 unspecified atom stereocenters. The van der Waals surface area contributed by atoms with Crippen LogP contribution < -0.4 is 8.92 Å². The van der Waals surface area contributed by atoms with Gasteiger partial charge in [0.25, 0.3) is 0 Å². The lowest BCUT2D eigenvalue weighted by Crippen LogP contribution is -2.23. The van der Waals surface area contributed by atoms with Crippen LogP contribution in [0.25, 0.3) is 0 Å². The van der Waals surface area contributed by atoms with Gasteiger partial charge in [-0.25, -0.2) is 8.42 Å². The zero-order chi connectivity index (χ0) is 21.6. The second-order valence-electron chi connectivity index (χ2n) is 7.33. The average Bonchev–Trinajstić information content (AvgIpc) is 2.68. The van der Waals surface area contributed by atoms with Gasteiger partial charge in [-0.15, -0.1) is 0 Å². The van der Waals surface area contributed by atoms with Crippen molar-refractivity contribution < 1.29 is 25.8 Å². The number of para-hydroxylation sites is 2. The molecule has 1 rings (SSSR count). The van der Waals surface area contributed by atoms with Crippen LogP contribution in [0.15, 0.2) is 24.3 Å². The highest BCUT2D eigenvalue weighted by atomic mass is 32.2. The van der Waals surface area contributed by atoms with Gasteiger partial charge in [0.2, 0.25) is 0 Å². The van der Waals surface area contributed by atoms with Crippen molar-refractivity contribution in [2.45, 2.75) is 71.1 Å². The maximum Gasteiger partial charge on any atom is 0.310 e. The van der Waals surface area contributed by atoms with Gasteiger partial charge in [-0.1, -0.05) is 76.8 Å². The SMILES string of the molecule is CCCCCCCCCCCCS(=O)(=O)CCS(=O)(=O)Oc1ccccc1OC. The second-order valence-corrected chi connectivity index (χ2v) is 11.3. The van der Waals surface area contributed by atoms with E-state index in [9.17, 15) is 16.8 Å². The van der Waals surface area contributed by atoms with E-state index in [4.69, 9.17) is 8.92 Å². The molecule has 0 radical (unpaired) electrons. The molecule has 0 aromatic heterocycles. The first-order chi connectivity index (χ1) is 13.8. The second kappa shape index (κ2) is 13.9. The summed E-state index contributed by atoms with van der Waals surface area (Å²) in [6, 6.07) is 6.35. The molecule has 6 nitrogen and oxygen atoms in total. The van der Waals surface area contributed by atoms with E-state index >= 15 is 0 Å².